The van der Waals surface area contributed by atoms with Gasteiger partial charge in [-0.15, -0.1) is 0 Å². The minimum atomic E-state index is -4.26. The monoisotopic (exact) mass is 354 g/mol. The van der Waals surface area contributed by atoms with Gasteiger partial charge in [0.25, 0.3) is 5.91 Å². The van der Waals surface area contributed by atoms with Crippen molar-refractivity contribution >= 4 is 45.1 Å². The zero-order valence-corrected chi connectivity index (χ0v) is 12.4. The maximum atomic E-state index is 12.2. The number of rotatable bonds is 4. The molecule has 0 spiro atoms. The normalized spacial score (nSPS) is 18.6. The van der Waals surface area contributed by atoms with Gasteiger partial charge in [-0.25, -0.2) is 18.7 Å². The molecule has 0 bridgehead atoms. The third-order valence-corrected chi connectivity index (χ3v) is 4.79. The van der Waals surface area contributed by atoms with E-state index in [0.29, 0.717) is 0 Å². The number of amides is 1. The Kier molecular flexibility index (Phi) is 4.40. The first kappa shape index (κ1) is 16.0. The van der Waals surface area contributed by atoms with Crippen LogP contribution in [0.1, 0.15) is 10.4 Å². The van der Waals surface area contributed by atoms with Gasteiger partial charge < -0.3 is 5.11 Å². The molecule has 3 N–H and O–H groups in total. The van der Waals surface area contributed by atoms with Gasteiger partial charge in [-0.1, -0.05) is 23.2 Å². The first-order valence-electron chi connectivity index (χ1n) is 5.38. The van der Waals surface area contributed by atoms with Gasteiger partial charge in [0.15, 0.2) is 0 Å². The molecule has 1 atom stereocenters. The molecule has 8 nitrogen and oxygen atoms in total. The van der Waals surface area contributed by atoms with Crippen LogP contribution >= 0.6 is 23.2 Å². The number of halogens is 2. The molecule has 11 heteroatoms. The van der Waals surface area contributed by atoms with Crippen LogP contribution in [0.3, 0.4) is 0 Å². The highest BCUT2D eigenvalue weighted by atomic mass is 35.5. The lowest BCUT2D eigenvalue weighted by Crippen LogP contribution is -2.41. The summed E-state index contributed by atoms with van der Waals surface area (Å²) in [6.07, 6.45) is 0. The summed E-state index contributed by atoms with van der Waals surface area (Å²) in [4.78, 5) is 26.4. The molecule has 0 radical (unpaired) electrons. The van der Waals surface area contributed by atoms with Crippen LogP contribution in [-0.4, -0.2) is 38.0 Å². The van der Waals surface area contributed by atoms with E-state index in [4.69, 9.17) is 28.3 Å². The van der Waals surface area contributed by atoms with Crippen molar-refractivity contribution in [2.24, 2.45) is 0 Å². The number of carboxylic acids is 1. The number of aromatic carboxylic acids is 1. The highest BCUT2D eigenvalue weighted by Gasteiger charge is 2.32. The number of nitrogens with one attached hydrogen (secondary N) is 2. The molecule has 1 heterocycles. The number of carbonyl (C=O) groups excluding carboxylic acids is 1. The van der Waals surface area contributed by atoms with E-state index < -0.39 is 43.4 Å². The fourth-order valence-electron chi connectivity index (χ4n) is 1.60. The van der Waals surface area contributed by atoms with E-state index in [9.17, 15) is 18.0 Å². The Labute approximate surface area is 129 Å². The molecule has 0 aliphatic carbocycles. The number of sulfonamides is 1. The van der Waals surface area contributed by atoms with Crippen molar-refractivity contribution in [3.05, 3.63) is 27.7 Å². The molecule has 114 valence electrons. The van der Waals surface area contributed by atoms with Gasteiger partial charge in [0, 0.05) is 5.02 Å². The zero-order chi connectivity index (χ0) is 15.8. The van der Waals surface area contributed by atoms with E-state index in [0.717, 1.165) is 12.1 Å². The van der Waals surface area contributed by atoms with Crippen molar-refractivity contribution in [3.8, 4) is 0 Å². The quantitative estimate of drug-likeness (QED) is 0.719. The molecule has 0 aromatic heterocycles. The average molecular weight is 355 g/mol. The van der Waals surface area contributed by atoms with Crippen molar-refractivity contribution in [2.45, 2.75) is 10.9 Å². The van der Waals surface area contributed by atoms with Gasteiger partial charge in [-0.2, -0.15) is 4.72 Å². The highest BCUT2D eigenvalue weighted by Crippen LogP contribution is 2.29. The first-order chi connectivity index (χ1) is 9.72. The van der Waals surface area contributed by atoms with E-state index in [2.05, 4.69) is 9.56 Å². The van der Waals surface area contributed by atoms with Crippen LogP contribution in [-0.2, 0) is 19.7 Å². The second kappa shape index (κ2) is 5.78. The summed E-state index contributed by atoms with van der Waals surface area (Å²) >= 11 is 11.5. The molecule has 1 saturated heterocycles. The number of carbonyl (C=O) groups is 2. The summed E-state index contributed by atoms with van der Waals surface area (Å²) in [5, 5.41) is 8.34. The molecular weight excluding hydrogens is 347 g/mol. The number of benzene rings is 1. The van der Waals surface area contributed by atoms with Crippen LogP contribution in [0.4, 0.5) is 0 Å². The second-order valence-electron chi connectivity index (χ2n) is 4.02. The Morgan fingerprint density at radius 3 is 2.62 bits per heavy atom. The predicted octanol–water partition coefficient (Wildman–Crippen LogP) is 0.400. The number of hydrogen-bond acceptors (Lipinski definition) is 5. The summed E-state index contributed by atoms with van der Waals surface area (Å²) < 4.78 is 26.5. The Morgan fingerprint density at radius 2 is 2.10 bits per heavy atom. The summed E-state index contributed by atoms with van der Waals surface area (Å²) in [5.41, 5.74) is 1.52. The van der Waals surface area contributed by atoms with E-state index in [1.54, 1.807) is 0 Å². The molecule has 1 fully saturated rings. The fourth-order valence-corrected chi connectivity index (χ4v) is 3.68. The molecule has 1 aliphatic heterocycles. The number of hydroxylamine groups is 1. The summed E-state index contributed by atoms with van der Waals surface area (Å²) in [5.74, 6) is -2.10. The number of hydrogen-bond donors (Lipinski definition) is 3. The van der Waals surface area contributed by atoms with Gasteiger partial charge in [-0.05, 0) is 12.1 Å². The van der Waals surface area contributed by atoms with E-state index in [1.807, 2.05) is 5.48 Å². The van der Waals surface area contributed by atoms with Gasteiger partial charge in [0.05, 0.1) is 10.6 Å². The topological polar surface area (TPSA) is 122 Å². The standard InChI is InChI=1S/C10H8Cl2N2O6S/c11-4-1-5(10(16)17)8(12)7(2-4)21(18,19)14-6-3-20-13-9(6)15/h1-2,6,14H,3H2,(H,13,15)(H,16,17)/t6-/m1/s1. The molecule has 1 aliphatic rings. The minimum absolute atomic E-state index is 0.121. The fraction of sp³-hybridized carbons (Fsp3) is 0.200. The van der Waals surface area contributed by atoms with Crippen molar-refractivity contribution < 1.29 is 28.0 Å². The third-order valence-electron chi connectivity index (χ3n) is 2.56. The molecular formula is C10H8Cl2N2O6S. The Balaban J connectivity index is 2.44. The van der Waals surface area contributed by atoms with Crippen molar-refractivity contribution in [1.82, 2.24) is 10.2 Å². The lowest BCUT2D eigenvalue weighted by atomic mass is 10.2. The summed E-state index contributed by atoms with van der Waals surface area (Å²) in [6, 6.07) is 0.876. The van der Waals surface area contributed by atoms with Gasteiger partial charge >= 0.3 is 5.97 Å². The van der Waals surface area contributed by atoms with Crippen molar-refractivity contribution in [2.75, 3.05) is 6.61 Å². The first-order valence-corrected chi connectivity index (χ1v) is 7.62. The molecule has 1 amide bonds. The van der Waals surface area contributed by atoms with Gasteiger partial charge in [0.2, 0.25) is 10.0 Å². The van der Waals surface area contributed by atoms with Crippen LogP contribution in [0.25, 0.3) is 0 Å². The molecule has 1 aromatic carbocycles. The van der Waals surface area contributed by atoms with E-state index in [-0.39, 0.29) is 11.6 Å². The van der Waals surface area contributed by atoms with Crippen molar-refractivity contribution in [3.63, 3.8) is 0 Å². The van der Waals surface area contributed by atoms with Crippen LogP contribution in [0, 0.1) is 0 Å². The highest BCUT2D eigenvalue weighted by molar-refractivity contribution is 7.89. The molecule has 21 heavy (non-hydrogen) atoms. The van der Waals surface area contributed by atoms with Crippen LogP contribution in [0.2, 0.25) is 10.0 Å². The van der Waals surface area contributed by atoms with E-state index >= 15 is 0 Å². The molecule has 0 saturated carbocycles. The molecule has 1 aromatic rings. The van der Waals surface area contributed by atoms with Crippen LogP contribution in [0.15, 0.2) is 17.0 Å². The second-order valence-corrected chi connectivity index (χ2v) is 6.52. The maximum Gasteiger partial charge on any atom is 0.337 e. The third kappa shape index (κ3) is 3.27. The van der Waals surface area contributed by atoms with E-state index in [1.165, 1.54) is 0 Å². The average Bonchev–Trinajstić information content (AvgIpc) is 2.76. The Morgan fingerprint density at radius 1 is 1.43 bits per heavy atom. The molecule has 0 unspecified atom stereocenters. The number of carboxylic acid groups (broad SMARTS) is 1. The van der Waals surface area contributed by atoms with Crippen LogP contribution < -0.4 is 10.2 Å². The zero-order valence-electron chi connectivity index (χ0n) is 10.1. The predicted molar refractivity (Wildman–Crippen MR) is 71.6 cm³/mol. The minimum Gasteiger partial charge on any atom is -0.478 e. The van der Waals surface area contributed by atoms with Gasteiger partial charge in [-0.3, -0.25) is 9.63 Å². The maximum absolute atomic E-state index is 12.2. The molecule has 2 rings (SSSR count). The lowest BCUT2D eigenvalue weighted by molar-refractivity contribution is -0.124. The van der Waals surface area contributed by atoms with Gasteiger partial charge in [0.1, 0.15) is 17.5 Å². The lowest BCUT2D eigenvalue weighted by Gasteiger charge is -2.12. The van der Waals surface area contributed by atoms with Crippen molar-refractivity contribution in [1.29, 1.82) is 0 Å². The summed E-state index contributed by atoms with van der Waals surface area (Å²) in [6.45, 7) is -0.206. The smallest absolute Gasteiger partial charge is 0.337 e. The Hall–Kier alpha value is -1.39. The largest absolute Gasteiger partial charge is 0.478 e. The SMILES string of the molecule is O=C(O)c1cc(Cl)cc(S(=O)(=O)N[C@@H]2CONC2=O)c1Cl. The van der Waals surface area contributed by atoms with Crippen LogP contribution in [0.5, 0.6) is 0 Å². The summed E-state index contributed by atoms with van der Waals surface area (Å²) in [7, 11) is -4.26. The Bertz CT molecular complexity index is 721.